The van der Waals surface area contributed by atoms with Gasteiger partial charge in [-0.1, -0.05) is 44.3 Å². The van der Waals surface area contributed by atoms with Crippen LogP contribution < -0.4 is 5.73 Å². The third-order valence-corrected chi connectivity index (χ3v) is 7.12. The smallest absolute Gasteiger partial charge is 0.243 e. The molecule has 0 unspecified atom stereocenters. The Morgan fingerprint density at radius 2 is 2.00 bits per heavy atom. The fraction of sp³-hybridized carbons (Fsp3) is 0.500. The average Bonchev–Trinajstić information content (AvgIpc) is 2.60. The quantitative estimate of drug-likeness (QED) is 0.852. The van der Waals surface area contributed by atoms with E-state index in [4.69, 9.17) is 18.0 Å². The lowest BCUT2D eigenvalue weighted by Crippen LogP contribution is -2.34. The van der Waals surface area contributed by atoms with Crippen molar-refractivity contribution in [1.82, 2.24) is 4.31 Å². The zero-order chi connectivity index (χ0) is 15.7. The Balaban J connectivity index is 2.37. The summed E-state index contributed by atoms with van der Waals surface area (Å²) >= 11 is 6.78. The largest absolute Gasteiger partial charge is 0.389 e. The van der Waals surface area contributed by atoms with Crippen molar-refractivity contribution < 1.29 is 8.42 Å². The average molecular weight is 345 g/mol. The molecule has 1 aromatic carbocycles. The van der Waals surface area contributed by atoms with Gasteiger partial charge in [0.05, 0.1) is 4.90 Å². The van der Waals surface area contributed by atoms with Gasteiger partial charge in [-0.2, -0.15) is 16.1 Å². The van der Waals surface area contributed by atoms with E-state index in [0.29, 0.717) is 18.7 Å². The molecule has 0 bridgehead atoms. The van der Waals surface area contributed by atoms with E-state index in [1.165, 1.54) is 0 Å². The lowest BCUT2D eigenvalue weighted by atomic mass is 10.1. The molecule has 7 heteroatoms. The topological polar surface area (TPSA) is 63.4 Å². The third kappa shape index (κ3) is 3.77. The van der Waals surface area contributed by atoms with Gasteiger partial charge in [0.15, 0.2) is 0 Å². The highest BCUT2D eigenvalue weighted by atomic mass is 32.2. The van der Waals surface area contributed by atoms with Crippen LogP contribution in [0.3, 0.4) is 0 Å². The van der Waals surface area contributed by atoms with E-state index in [9.17, 15) is 8.42 Å². The Kier molecular flexibility index (Phi) is 4.97. The van der Waals surface area contributed by atoms with Crippen molar-refractivity contribution in [2.24, 2.45) is 5.73 Å². The molecule has 2 rings (SSSR count). The highest BCUT2D eigenvalue weighted by Crippen LogP contribution is 2.32. The van der Waals surface area contributed by atoms with Crippen LogP contribution in [-0.4, -0.2) is 41.3 Å². The first-order chi connectivity index (χ1) is 9.74. The second-order valence-corrected chi connectivity index (χ2v) is 9.77. The van der Waals surface area contributed by atoms with Crippen LogP contribution in [0.15, 0.2) is 29.2 Å². The zero-order valence-corrected chi connectivity index (χ0v) is 14.7. The predicted molar refractivity (Wildman–Crippen MR) is 92.2 cm³/mol. The Bertz CT molecular complexity index is 641. The first-order valence-corrected chi connectivity index (χ1v) is 9.60. The second-order valence-electron chi connectivity index (χ2n) is 5.62. The Hall–Kier alpha value is -0.630. The predicted octanol–water partition coefficient (Wildman–Crippen LogP) is 2.23. The summed E-state index contributed by atoms with van der Waals surface area (Å²) in [5, 5.41) is 0. The van der Waals surface area contributed by atoms with Gasteiger partial charge >= 0.3 is 0 Å². The number of sulfonamides is 1. The van der Waals surface area contributed by atoms with Gasteiger partial charge in [0.1, 0.15) is 4.99 Å². The summed E-state index contributed by atoms with van der Waals surface area (Å²) in [5.74, 6) is 0.793. The van der Waals surface area contributed by atoms with Crippen molar-refractivity contribution in [3.63, 3.8) is 0 Å². The van der Waals surface area contributed by atoms with Crippen LogP contribution in [0.2, 0.25) is 0 Å². The van der Waals surface area contributed by atoms with Crippen LogP contribution in [0, 0.1) is 0 Å². The van der Waals surface area contributed by atoms with Gasteiger partial charge in [0, 0.05) is 29.2 Å². The summed E-state index contributed by atoms with van der Waals surface area (Å²) in [6.45, 7) is 5.34. The van der Waals surface area contributed by atoms with Crippen molar-refractivity contribution in [1.29, 1.82) is 0 Å². The normalized spacial score (nSPS) is 19.9. The van der Waals surface area contributed by atoms with Gasteiger partial charge < -0.3 is 5.73 Å². The summed E-state index contributed by atoms with van der Waals surface area (Å²) in [6, 6.07) is 6.68. The molecular formula is C14H20N2O2S3. The third-order valence-electron chi connectivity index (χ3n) is 3.57. The van der Waals surface area contributed by atoms with Crippen LogP contribution in [0.25, 0.3) is 0 Å². The SMILES string of the molecule is CC1(C)CCN(S(=O)(=O)c2ccccc2C(N)=S)CCS1. The van der Waals surface area contributed by atoms with Gasteiger partial charge in [-0.25, -0.2) is 8.42 Å². The molecule has 0 radical (unpaired) electrons. The van der Waals surface area contributed by atoms with E-state index in [1.54, 1.807) is 28.6 Å². The first kappa shape index (κ1) is 16.7. The molecule has 21 heavy (non-hydrogen) atoms. The Labute approximate surface area is 136 Å². The molecule has 4 nitrogen and oxygen atoms in total. The van der Waals surface area contributed by atoms with Crippen molar-refractivity contribution in [3.8, 4) is 0 Å². The van der Waals surface area contributed by atoms with Crippen LogP contribution in [0.5, 0.6) is 0 Å². The van der Waals surface area contributed by atoms with Gasteiger partial charge in [-0.05, 0) is 12.5 Å². The monoisotopic (exact) mass is 344 g/mol. The highest BCUT2D eigenvalue weighted by Gasteiger charge is 2.32. The minimum atomic E-state index is -3.56. The number of hydrogen-bond acceptors (Lipinski definition) is 4. The summed E-state index contributed by atoms with van der Waals surface area (Å²) < 4.78 is 27.4. The molecular weight excluding hydrogens is 324 g/mol. The maximum Gasteiger partial charge on any atom is 0.243 e. The number of thioether (sulfide) groups is 1. The van der Waals surface area contributed by atoms with Gasteiger partial charge in [-0.15, -0.1) is 0 Å². The zero-order valence-electron chi connectivity index (χ0n) is 12.2. The van der Waals surface area contributed by atoms with E-state index in [2.05, 4.69) is 13.8 Å². The second kappa shape index (κ2) is 6.24. The number of nitrogens with zero attached hydrogens (tertiary/aromatic N) is 1. The summed E-state index contributed by atoms with van der Waals surface area (Å²) in [4.78, 5) is 0.320. The molecule has 0 aliphatic carbocycles. The molecule has 1 saturated heterocycles. The van der Waals surface area contributed by atoms with Gasteiger partial charge in [0.2, 0.25) is 10.0 Å². The lowest BCUT2D eigenvalue weighted by molar-refractivity contribution is 0.415. The molecule has 1 heterocycles. The minimum absolute atomic E-state index is 0.104. The van der Waals surface area contributed by atoms with Crippen molar-refractivity contribution in [3.05, 3.63) is 29.8 Å². The summed E-state index contributed by atoms with van der Waals surface area (Å²) in [5.41, 5.74) is 6.08. The fourth-order valence-corrected chi connectivity index (χ4v) is 5.38. The Morgan fingerprint density at radius 1 is 1.33 bits per heavy atom. The van der Waals surface area contributed by atoms with E-state index in [1.807, 2.05) is 11.8 Å². The molecule has 1 fully saturated rings. The maximum atomic E-state index is 12.9. The van der Waals surface area contributed by atoms with Crippen LogP contribution in [0.4, 0.5) is 0 Å². The minimum Gasteiger partial charge on any atom is -0.389 e. The van der Waals surface area contributed by atoms with E-state index in [0.717, 1.165) is 12.2 Å². The molecule has 1 aliphatic heterocycles. The Morgan fingerprint density at radius 3 is 2.67 bits per heavy atom. The first-order valence-electron chi connectivity index (χ1n) is 6.77. The van der Waals surface area contributed by atoms with Crippen LogP contribution in [-0.2, 0) is 10.0 Å². The molecule has 0 aromatic heterocycles. The molecule has 1 aliphatic rings. The molecule has 0 atom stereocenters. The summed E-state index contributed by atoms with van der Waals surface area (Å²) in [6.07, 6.45) is 0.826. The highest BCUT2D eigenvalue weighted by molar-refractivity contribution is 8.00. The van der Waals surface area contributed by atoms with Crippen LogP contribution >= 0.6 is 24.0 Å². The molecule has 0 amide bonds. The number of thiocarbonyl (C=S) groups is 1. The molecule has 0 spiro atoms. The number of benzene rings is 1. The standard InChI is InChI=1S/C14H20N2O2S3/c1-14(2)7-8-16(9-10-20-14)21(17,18)12-6-4-3-5-11(12)13(15)19/h3-6H,7-10H2,1-2H3,(H2,15,19). The van der Waals surface area contributed by atoms with E-state index >= 15 is 0 Å². The molecule has 116 valence electrons. The van der Waals surface area contributed by atoms with Gasteiger partial charge in [0.25, 0.3) is 0 Å². The number of hydrogen-bond donors (Lipinski definition) is 1. The molecule has 2 N–H and O–H groups in total. The van der Waals surface area contributed by atoms with Crippen molar-refractivity contribution >= 4 is 39.0 Å². The van der Waals surface area contributed by atoms with E-state index in [-0.39, 0.29) is 14.6 Å². The maximum absolute atomic E-state index is 12.9. The number of rotatable bonds is 3. The molecule has 0 saturated carbocycles. The van der Waals surface area contributed by atoms with Gasteiger partial charge in [-0.3, -0.25) is 0 Å². The van der Waals surface area contributed by atoms with E-state index < -0.39 is 10.0 Å². The number of nitrogens with two attached hydrogens (primary N) is 1. The molecule has 1 aromatic rings. The fourth-order valence-electron chi connectivity index (χ4n) is 2.28. The lowest BCUT2D eigenvalue weighted by Gasteiger charge is -2.23. The van der Waals surface area contributed by atoms with Crippen molar-refractivity contribution in [2.75, 3.05) is 18.8 Å². The van der Waals surface area contributed by atoms with Crippen molar-refractivity contribution in [2.45, 2.75) is 29.9 Å². The summed E-state index contributed by atoms with van der Waals surface area (Å²) in [7, 11) is -3.56. The van der Waals surface area contributed by atoms with Crippen LogP contribution in [0.1, 0.15) is 25.8 Å².